The van der Waals surface area contributed by atoms with Crippen LogP contribution in [0.1, 0.15) is 50.1 Å². The molecule has 2 aliphatic rings. The first-order valence-electron chi connectivity index (χ1n) is 9.43. The standard InChI is InChI=1S/C19H28N4O2.ClH/c24-18(8-10-22-19(25)15-5-2-1-3-6-15)23-12-11-21-14-17(23)16-7-4-9-20-13-16;/h4,7,9,13,15,17,21H,1-3,5-6,8,10-12,14H2,(H,22,25);1H. The predicted molar refractivity (Wildman–Crippen MR) is 103 cm³/mol. The second-order valence-corrected chi connectivity index (χ2v) is 6.97. The maximum absolute atomic E-state index is 12.7. The fourth-order valence-corrected chi connectivity index (χ4v) is 3.82. The number of hydrogen-bond donors (Lipinski definition) is 2. The highest BCUT2D eigenvalue weighted by atomic mass is 35.5. The maximum Gasteiger partial charge on any atom is 0.224 e. The van der Waals surface area contributed by atoms with Crippen molar-refractivity contribution in [2.24, 2.45) is 5.92 Å². The first-order chi connectivity index (χ1) is 12.3. The molecule has 26 heavy (non-hydrogen) atoms. The maximum atomic E-state index is 12.7. The quantitative estimate of drug-likeness (QED) is 0.820. The van der Waals surface area contributed by atoms with E-state index < -0.39 is 0 Å². The number of carbonyl (C=O) groups excluding carboxylic acids is 2. The van der Waals surface area contributed by atoms with Crippen molar-refractivity contribution in [3.8, 4) is 0 Å². The number of nitrogens with zero attached hydrogens (tertiary/aromatic N) is 2. The molecule has 0 bridgehead atoms. The third kappa shape index (κ3) is 5.42. The molecule has 6 nitrogen and oxygen atoms in total. The van der Waals surface area contributed by atoms with Gasteiger partial charge in [0.2, 0.25) is 11.8 Å². The molecule has 1 saturated heterocycles. The number of hydrogen-bond acceptors (Lipinski definition) is 4. The van der Waals surface area contributed by atoms with Crippen molar-refractivity contribution in [2.45, 2.75) is 44.6 Å². The van der Waals surface area contributed by atoms with Crippen molar-refractivity contribution in [3.63, 3.8) is 0 Å². The molecule has 7 heteroatoms. The molecule has 1 aromatic rings. The van der Waals surface area contributed by atoms with Gasteiger partial charge in [-0.05, 0) is 24.5 Å². The molecular weight excluding hydrogens is 352 g/mol. The second-order valence-electron chi connectivity index (χ2n) is 6.97. The van der Waals surface area contributed by atoms with Gasteiger partial charge in [0.1, 0.15) is 0 Å². The Morgan fingerprint density at radius 3 is 2.81 bits per heavy atom. The van der Waals surface area contributed by atoms with E-state index >= 15 is 0 Å². The lowest BCUT2D eigenvalue weighted by molar-refractivity contribution is -0.134. The van der Waals surface area contributed by atoms with E-state index in [2.05, 4.69) is 15.6 Å². The predicted octanol–water partition coefficient (Wildman–Crippen LogP) is 2.06. The number of amides is 2. The largest absolute Gasteiger partial charge is 0.355 e. The van der Waals surface area contributed by atoms with Crippen LogP contribution in [0.2, 0.25) is 0 Å². The summed E-state index contributed by atoms with van der Waals surface area (Å²) in [6, 6.07) is 3.93. The van der Waals surface area contributed by atoms with Crippen LogP contribution in [0.25, 0.3) is 0 Å². The van der Waals surface area contributed by atoms with Gasteiger partial charge in [-0.15, -0.1) is 12.4 Å². The summed E-state index contributed by atoms with van der Waals surface area (Å²) < 4.78 is 0. The number of halogens is 1. The molecule has 2 amide bonds. The Hall–Kier alpha value is -1.66. The Kier molecular flexibility index (Phi) is 8.32. The fraction of sp³-hybridized carbons (Fsp3) is 0.632. The van der Waals surface area contributed by atoms with Gasteiger partial charge in [-0.2, -0.15) is 0 Å². The van der Waals surface area contributed by atoms with Crippen LogP contribution in [0.15, 0.2) is 24.5 Å². The highest BCUT2D eigenvalue weighted by Crippen LogP contribution is 2.24. The molecule has 1 aromatic heterocycles. The molecule has 1 atom stereocenters. The van der Waals surface area contributed by atoms with E-state index in [0.717, 1.165) is 44.3 Å². The zero-order valence-electron chi connectivity index (χ0n) is 15.2. The molecule has 0 aromatic carbocycles. The van der Waals surface area contributed by atoms with Gasteiger partial charge in [0.25, 0.3) is 0 Å². The molecular formula is C19H29ClN4O2. The van der Waals surface area contributed by atoms with Crippen LogP contribution in [-0.4, -0.2) is 47.9 Å². The third-order valence-electron chi connectivity index (χ3n) is 5.25. The normalized spacial score (nSPS) is 20.9. The average molecular weight is 381 g/mol. The van der Waals surface area contributed by atoms with Gasteiger partial charge < -0.3 is 15.5 Å². The highest BCUT2D eigenvalue weighted by molar-refractivity contribution is 5.85. The Morgan fingerprint density at radius 2 is 2.08 bits per heavy atom. The molecule has 2 heterocycles. The van der Waals surface area contributed by atoms with Gasteiger partial charge in [-0.25, -0.2) is 0 Å². The summed E-state index contributed by atoms with van der Waals surface area (Å²) in [6.45, 7) is 2.66. The van der Waals surface area contributed by atoms with Gasteiger partial charge in [0, 0.05) is 50.9 Å². The average Bonchev–Trinajstić information content (AvgIpc) is 2.69. The van der Waals surface area contributed by atoms with Crippen LogP contribution >= 0.6 is 12.4 Å². The van der Waals surface area contributed by atoms with Crippen molar-refractivity contribution in [3.05, 3.63) is 30.1 Å². The van der Waals surface area contributed by atoms with Crippen LogP contribution in [-0.2, 0) is 9.59 Å². The first kappa shape index (κ1) is 20.6. The van der Waals surface area contributed by atoms with Gasteiger partial charge in [-0.1, -0.05) is 25.3 Å². The Morgan fingerprint density at radius 1 is 1.27 bits per heavy atom. The first-order valence-corrected chi connectivity index (χ1v) is 9.43. The van der Waals surface area contributed by atoms with Gasteiger partial charge in [0.05, 0.1) is 6.04 Å². The summed E-state index contributed by atoms with van der Waals surface area (Å²) in [4.78, 5) is 30.9. The minimum atomic E-state index is 0. The van der Waals surface area contributed by atoms with E-state index in [4.69, 9.17) is 0 Å². The van der Waals surface area contributed by atoms with Crippen LogP contribution in [0.4, 0.5) is 0 Å². The monoisotopic (exact) mass is 380 g/mol. The van der Waals surface area contributed by atoms with Crippen LogP contribution in [0.3, 0.4) is 0 Å². The zero-order chi connectivity index (χ0) is 17.5. The minimum absolute atomic E-state index is 0. The Labute approximate surface area is 161 Å². The molecule has 0 spiro atoms. The molecule has 2 fully saturated rings. The van der Waals surface area contributed by atoms with Gasteiger partial charge >= 0.3 is 0 Å². The molecule has 3 rings (SSSR count). The molecule has 1 aliphatic carbocycles. The van der Waals surface area contributed by atoms with Gasteiger partial charge in [-0.3, -0.25) is 14.6 Å². The number of carbonyl (C=O) groups is 2. The molecule has 0 radical (unpaired) electrons. The van der Waals surface area contributed by atoms with E-state index in [-0.39, 0.29) is 36.2 Å². The van der Waals surface area contributed by atoms with Crippen LogP contribution < -0.4 is 10.6 Å². The van der Waals surface area contributed by atoms with Crippen molar-refractivity contribution in [1.29, 1.82) is 0 Å². The molecule has 144 valence electrons. The minimum Gasteiger partial charge on any atom is -0.355 e. The van der Waals surface area contributed by atoms with Crippen molar-refractivity contribution < 1.29 is 9.59 Å². The molecule has 1 unspecified atom stereocenters. The van der Waals surface area contributed by atoms with Gasteiger partial charge in [0.15, 0.2) is 0 Å². The van der Waals surface area contributed by atoms with Crippen molar-refractivity contribution in [2.75, 3.05) is 26.2 Å². The SMILES string of the molecule is Cl.O=C(NCCC(=O)N1CCNCC1c1cccnc1)C1CCCCC1. The summed E-state index contributed by atoms with van der Waals surface area (Å²) >= 11 is 0. The van der Waals surface area contributed by atoms with Crippen LogP contribution in [0, 0.1) is 5.92 Å². The smallest absolute Gasteiger partial charge is 0.224 e. The number of rotatable bonds is 5. The lowest BCUT2D eigenvalue weighted by atomic mass is 9.89. The van der Waals surface area contributed by atoms with Crippen molar-refractivity contribution >= 4 is 24.2 Å². The number of aromatic nitrogens is 1. The lowest BCUT2D eigenvalue weighted by Crippen LogP contribution is -2.49. The number of nitrogens with one attached hydrogen (secondary N) is 2. The lowest BCUT2D eigenvalue weighted by Gasteiger charge is -2.36. The fourth-order valence-electron chi connectivity index (χ4n) is 3.82. The topological polar surface area (TPSA) is 74.3 Å². The zero-order valence-corrected chi connectivity index (χ0v) is 16.0. The second kappa shape index (κ2) is 10.5. The Bertz CT molecular complexity index is 578. The molecule has 1 aliphatic heterocycles. The summed E-state index contributed by atoms with van der Waals surface area (Å²) in [7, 11) is 0. The summed E-state index contributed by atoms with van der Waals surface area (Å²) in [6.07, 6.45) is 9.42. The van der Waals surface area contributed by atoms with E-state index in [1.165, 1.54) is 6.42 Å². The summed E-state index contributed by atoms with van der Waals surface area (Å²) in [5, 5.41) is 6.31. The molecule has 2 N–H and O–H groups in total. The highest BCUT2D eigenvalue weighted by Gasteiger charge is 2.28. The van der Waals surface area contributed by atoms with E-state index in [1.54, 1.807) is 6.20 Å². The summed E-state index contributed by atoms with van der Waals surface area (Å²) in [5.41, 5.74) is 1.05. The van der Waals surface area contributed by atoms with E-state index in [0.29, 0.717) is 19.5 Å². The third-order valence-corrected chi connectivity index (χ3v) is 5.25. The summed E-state index contributed by atoms with van der Waals surface area (Å²) in [5.74, 6) is 0.363. The number of pyridine rings is 1. The number of piperazine rings is 1. The van der Waals surface area contributed by atoms with Crippen LogP contribution in [0.5, 0.6) is 0 Å². The van der Waals surface area contributed by atoms with E-state index in [1.807, 2.05) is 23.2 Å². The van der Waals surface area contributed by atoms with Crippen molar-refractivity contribution in [1.82, 2.24) is 20.5 Å². The molecule has 1 saturated carbocycles. The van der Waals surface area contributed by atoms with E-state index in [9.17, 15) is 9.59 Å². The Balaban J connectivity index is 0.00000243.